The van der Waals surface area contributed by atoms with E-state index in [4.69, 9.17) is 14.6 Å². The van der Waals surface area contributed by atoms with Gasteiger partial charge in [-0.05, 0) is 24.1 Å². The molecular weight excluding hydrogens is 260 g/mol. The molecule has 0 spiro atoms. The van der Waals surface area contributed by atoms with E-state index in [0.717, 1.165) is 12.8 Å². The van der Waals surface area contributed by atoms with E-state index in [1.165, 1.54) is 0 Å². The zero-order valence-corrected chi connectivity index (χ0v) is 11.7. The van der Waals surface area contributed by atoms with Crippen LogP contribution in [-0.2, 0) is 16.0 Å². The third-order valence-corrected chi connectivity index (χ3v) is 2.65. The molecule has 112 valence electrons. The highest BCUT2D eigenvalue weighted by molar-refractivity contribution is 5.70. The first kappa shape index (κ1) is 16.5. The molecule has 0 heterocycles. The number of carbonyl (C=O) groups is 1. The lowest BCUT2D eigenvalue weighted by molar-refractivity contribution is -0.136. The lowest BCUT2D eigenvalue weighted by atomic mass is 10.1. The third kappa shape index (κ3) is 7.11. The molecular formula is C15H22O5. The quantitative estimate of drug-likeness (QED) is 0.641. The van der Waals surface area contributed by atoms with Crippen molar-refractivity contribution in [2.24, 2.45) is 0 Å². The fourth-order valence-electron chi connectivity index (χ4n) is 1.63. The molecule has 5 nitrogen and oxygen atoms in total. The van der Waals surface area contributed by atoms with Crippen molar-refractivity contribution >= 4 is 5.97 Å². The van der Waals surface area contributed by atoms with Crippen molar-refractivity contribution < 1.29 is 24.5 Å². The Kier molecular flexibility index (Phi) is 7.69. The normalized spacial score (nSPS) is 12.1. The predicted molar refractivity (Wildman–Crippen MR) is 75.0 cm³/mol. The van der Waals surface area contributed by atoms with Gasteiger partial charge in [0.1, 0.15) is 18.5 Å². The number of aliphatic carboxylic acids is 1. The van der Waals surface area contributed by atoms with E-state index in [9.17, 15) is 9.90 Å². The molecule has 0 saturated carbocycles. The zero-order chi connectivity index (χ0) is 14.8. The van der Waals surface area contributed by atoms with Crippen LogP contribution in [0.4, 0.5) is 0 Å². The summed E-state index contributed by atoms with van der Waals surface area (Å²) in [4.78, 5) is 10.6. The Balaban J connectivity index is 2.31. The summed E-state index contributed by atoms with van der Waals surface area (Å²) in [6, 6.07) is 6.86. The van der Waals surface area contributed by atoms with Gasteiger partial charge in [0, 0.05) is 6.61 Å². The molecule has 0 aromatic heterocycles. The monoisotopic (exact) mass is 282 g/mol. The molecule has 2 N–H and O–H groups in total. The van der Waals surface area contributed by atoms with E-state index in [1.54, 1.807) is 24.3 Å². The predicted octanol–water partition coefficient (Wildman–Crippen LogP) is 1.87. The van der Waals surface area contributed by atoms with Gasteiger partial charge in [-0.2, -0.15) is 0 Å². The van der Waals surface area contributed by atoms with E-state index in [2.05, 4.69) is 6.92 Å². The molecule has 1 rings (SSSR count). The molecule has 1 unspecified atom stereocenters. The molecule has 0 aliphatic heterocycles. The highest BCUT2D eigenvalue weighted by atomic mass is 16.5. The molecule has 0 aliphatic rings. The van der Waals surface area contributed by atoms with Gasteiger partial charge in [0.2, 0.25) is 0 Å². The molecule has 0 aliphatic carbocycles. The molecule has 20 heavy (non-hydrogen) atoms. The summed E-state index contributed by atoms with van der Waals surface area (Å²) >= 11 is 0. The average molecular weight is 282 g/mol. The second kappa shape index (κ2) is 9.34. The number of carboxylic acids is 1. The SMILES string of the molecule is CCCCOCC(O)COc1cccc(CC(=O)O)c1. The summed E-state index contributed by atoms with van der Waals surface area (Å²) in [7, 11) is 0. The molecule has 0 saturated heterocycles. The van der Waals surface area contributed by atoms with Crippen molar-refractivity contribution in [1.82, 2.24) is 0 Å². The minimum absolute atomic E-state index is 0.0418. The van der Waals surface area contributed by atoms with Crippen LogP contribution in [0.1, 0.15) is 25.3 Å². The van der Waals surface area contributed by atoms with Crippen LogP contribution < -0.4 is 4.74 Å². The maximum absolute atomic E-state index is 10.6. The van der Waals surface area contributed by atoms with Crippen molar-refractivity contribution in [2.75, 3.05) is 19.8 Å². The standard InChI is InChI=1S/C15H22O5/c1-2-3-7-19-10-13(16)11-20-14-6-4-5-12(8-14)9-15(17)18/h4-6,8,13,16H,2-3,7,9-11H2,1H3,(H,17,18). The van der Waals surface area contributed by atoms with E-state index in [0.29, 0.717) is 17.9 Å². The van der Waals surface area contributed by atoms with Crippen LogP contribution in [0.3, 0.4) is 0 Å². The first-order valence-electron chi connectivity index (χ1n) is 6.81. The van der Waals surface area contributed by atoms with E-state index in [-0.39, 0.29) is 19.6 Å². The second-order valence-corrected chi connectivity index (χ2v) is 4.61. The third-order valence-electron chi connectivity index (χ3n) is 2.65. The summed E-state index contributed by atoms with van der Waals surface area (Å²) in [6.45, 7) is 3.09. The molecule has 0 bridgehead atoms. The topological polar surface area (TPSA) is 76.0 Å². The number of aliphatic hydroxyl groups excluding tert-OH is 1. The molecule has 0 amide bonds. The largest absolute Gasteiger partial charge is 0.491 e. The van der Waals surface area contributed by atoms with Gasteiger partial charge in [0.15, 0.2) is 0 Å². The van der Waals surface area contributed by atoms with Gasteiger partial charge in [-0.1, -0.05) is 25.5 Å². The van der Waals surface area contributed by atoms with Crippen molar-refractivity contribution in [3.05, 3.63) is 29.8 Å². The summed E-state index contributed by atoms with van der Waals surface area (Å²) in [5.74, 6) is -0.331. The van der Waals surface area contributed by atoms with Gasteiger partial charge < -0.3 is 19.7 Å². The van der Waals surface area contributed by atoms with Gasteiger partial charge in [-0.15, -0.1) is 0 Å². The Morgan fingerprint density at radius 2 is 2.15 bits per heavy atom. The van der Waals surface area contributed by atoms with Crippen LogP contribution >= 0.6 is 0 Å². The summed E-state index contributed by atoms with van der Waals surface area (Å²) in [6.07, 6.45) is 1.31. The maximum Gasteiger partial charge on any atom is 0.307 e. The molecule has 1 atom stereocenters. The lowest BCUT2D eigenvalue weighted by Gasteiger charge is -2.13. The Morgan fingerprint density at radius 3 is 2.85 bits per heavy atom. The Labute approximate surface area is 119 Å². The highest BCUT2D eigenvalue weighted by Crippen LogP contribution is 2.14. The molecule has 0 fully saturated rings. The first-order chi connectivity index (χ1) is 9.61. The number of benzene rings is 1. The minimum Gasteiger partial charge on any atom is -0.491 e. The number of rotatable bonds is 10. The van der Waals surface area contributed by atoms with Gasteiger partial charge >= 0.3 is 5.97 Å². The van der Waals surface area contributed by atoms with E-state index < -0.39 is 12.1 Å². The highest BCUT2D eigenvalue weighted by Gasteiger charge is 2.07. The van der Waals surface area contributed by atoms with Crippen LogP contribution in [0.5, 0.6) is 5.75 Å². The van der Waals surface area contributed by atoms with Crippen molar-refractivity contribution in [2.45, 2.75) is 32.3 Å². The summed E-state index contributed by atoms with van der Waals surface area (Å²) < 4.78 is 10.7. The van der Waals surface area contributed by atoms with Crippen LogP contribution in [0, 0.1) is 0 Å². The Hall–Kier alpha value is -1.59. The van der Waals surface area contributed by atoms with Gasteiger partial charge in [-0.3, -0.25) is 4.79 Å². The van der Waals surface area contributed by atoms with Crippen molar-refractivity contribution in [3.8, 4) is 5.75 Å². The van der Waals surface area contributed by atoms with Crippen LogP contribution in [0.2, 0.25) is 0 Å². The number of hydrogen-bond donors (Lipinski definition) is 2. The van der Waals surface area contributed by atoms with Gasteiger partial charge in [0.05, 0.1) is 13.0 Å². The minimum atomic E-state index is -0.883. The van der Waals surface area contributed by atoms with Crippen LogP contribution in [0.15, 0.2) is 24.3 Å². The van der Waals surface area contributed by atoms with E-state index in [1.807, 2.05) is 0 Å². The molecule has 5 heteroatoms. The fraction of sp³-hybridized carbons (Fsp3) is 0.533. The maximum atomic E-state index is 10.6. The number of ether oxygens (including phenoxy) is 2. The van der Waals surface area contributed by atoms with E-state index >= 15 is 0 Å². The fourth-order valence-corrected chi connectivity index (χ4v) is 1.63. The second-order valence-electron chi connectivity index (χ2n) is 4.61. The Bertz CT molecular complexity index is 405. The van der Waals surface area contributed by atoms with Crippen molar-refractivity contribution in [3.63, 3.8) is 0 Å². The summed E-state index contributed by atoms with van der Waals surface area (Å²) in [5.41, 5.74) is 0.670. The molecule has 1 aromatic rings. The smallest absolute Gasteiger partial charge is 0.307 e. The van der Waals surface area contributed by atoms with Crippen molar-refractivity contribution in [1.29, 1.82) is 0 Å². The number of hydrogen-bond acceptors (Lipinski definition) is 4. The average Bonchev–Trinajstić information content (AvgIpc) is 2.41. The number of aliphatic hydroxyl groups is 1. The van der Waals surface area contributed by atoms with Gasteiger partial charge in [-0.25, -0.2) is 0 Å². The first-order valence-corrected chi connectivity index (χ1v) is 6.81. The number of unbranched alkanes of at least 4 members (excludes halogenated alkanes) is 1. The molecule has 1 aromatic carbocycles. The number of carboxylic acid groups (broad SMARTS) is 1. The molecule has 0 radical (unpaired) electrons. The van der Waals surface area contributed by atoms with Crippen LogP contribution in [0.25, 0.3) is 0 Å². The lowest BCUT2D eigenvalue weighted by Crippen LogP contribution is -2.23. The summed E-state index contributed by atoms with van der Waals surface area (Å²) in [5, 5.41) is 18.4. The van der Waals surface area contributed by atoms with Gasteiger partial charge in [0.25, 0.3) is 0 Å². The van der Waals surface area contributed by atoms with Crippen LogP contribution in [-0.4, -0.2) is 42.1 Å². The Morgan fingerprint density at radius 1 is 1.35 bits per heavy atom. The zero-order valence-electron chi connectivity index (χ0n) is 11.7.